The number of ether oxygens (including phenoxy) is 2. The molecule has 1 saturated carbocycles. The third-order valence-electron chi connectivity index (χ3n) is 4.43. The van der Waals surface area contributed by atoms with Crippen LogP contribution in [0.4, 0.5) is 0 Å². The molecule has 118 valence electrons. The Kier molecular flexibility index (Phi) is 6.27. The summed E-state index contributed by atoms with van der Waals surface area (Å²) in [6.45, 7) is 10.2. The first-order valence-electron chi connectivity index (χ1n) is 8.21. The van der Waals surface area contributed by atoms with Gasteiger partial charge in [0.05, 0.1) is 12.7 Å². The number of nitrogens with zero attached hydrogens (tertiary/aromatic N) is 1. The van der Waals surface area contributed by atoms with Crippen LogP contribution in [0.5, 0.6) is 0 Å². The van der Waals surface area contributed by atoms with Gasteiger partial charge in [0.15, 0.2) is 0 Å². The van der Waals surface area contributed by atoms with Crippen LogP contribution in [0.15, 0.2) is 0 Å². The van der Waals surface area contributed by atoms with Gasteiger partial charge in [-0.15, -0.1) is 0 Å². The minimum atomic E-state index is 0.331. The summed E-state index contributed by atoms with van der Waals surface area (Å²) in [5.74, 6) is 0. The van der Waals surface area contributed by atoms with Crippen LogP contribution in [0.1, 0.15) is 39.5 Å². The van der Waals surface area contributed by atoms with Crippen molar-refractivity contribution < 1.29 is 9.47 Å². The predicted molar refractivity (Wildman–Crippen MR) is 82.1 cm³/mol. The lowest BCUT2D eigenvalue weighted by Gasteiger charge is -2.40. The molecule has 2 rings (SSSR count). The van der Waals surface area contributed by atoms with Gasteiger partial charge in [-0.25, -0.2) is 0 Å². The molecule has 0 aromatic carbocycles. The number of likely N-dealkylation sites (N-methyl/N-ethyl adjacent to an activating group) is 1. The molecule has 1 aliphatic heterocycles. The fourth-order valence-corrected chi connectivity index (χ4v) is 2.94. The Bertz CT molecular complexity index is 274. The van der Waals surface area contributed by atoms with Crippen LogP contribution in [0, 0.1) is 5.41 Å². The van der Waals surface area contributed by atoms with Crippen LogP contribution in [-0.2, 0) is 9.47 Å². The summed E-state index contributed by atoms with van der Waals surface area (Å²) in [5, 5.41) is 3.73. The molecule has 0 bridgehead atoms. The molecular formula is C16H32N2O2. The lowest BCUT2D eigenvalue weighted by Crippen LogP contribution is -2.47. The number of nitrogens with one attached hydrogen (secondary N) is 1. The van der Waals surface area contributed by atoms with Gasteiger partial charge in [-0.05, 0) is 52.0 Å². The summed E-state index contributed by atoms with van der Waals surface area (Å²) < 4.78 is 11.2. The number of hydrogen-bond acceptors (Lipinski definition) is 4. The maximum atomic E-state index is 5.66. The van der Waals surface area contributed by atoms with Crippen molar-refractivity contribution in [3.63, 3.8) is 0 Å². The van der Waals surface area contributed by atoms with E-state index in [4.69, 9.17) is 9.47 Å². The Hall–Kier alpha value is -0.160. The molecule has 20 heavy (non-hydrogen) atoms. The molecule has 0 amide bonds. The Morgan fingerprint density at radius 2 is 2.00 bits per heavy atom. The summed E-state index contributed by atoms with van der Waals surface area (Å²) in [6, 6.07) is 0.796. The highest BCUT2D eigenvalue weighted by atomic mass is 16.5. The van der Waals surface area contributed by atoms with Gasteiger partial charge < -0.3 is 19.7 Å². The van der Waals surface area contributed by atoms with Crippen LogP contribution in [0.3, 0.4) is 0 Å². The van der Waals surface area contributed by atoms with Crippen LogP contribution < -0.4 is 5.32 Å². The zero-order chi connectivity index (χ0) is 14.4. The van der Waals surface area contributed by atoms with Gasteiger partial charge in [0.25, 0.3) is 0 Å². The van der Waals surface area contributed by atoms with E-state index < -0.39 is 0 Å². The first kappa shape index (κ1) is 16.2. The molecule has 0 unspecified atom stereocenters. The standard InChI is InChI=1S/C16H32N2O2/c1-14(2)20-11-8-18(3)13-16(6-9-19-10-7-16)12-17-15-4-5-15/h14-15,17H,4-13H2,1-3H3. The Morgan fingerprint density at radius 1 is 1.30 bits per heavy atom. The number of hydrogen-bond donors (Lipinski definition) is 1. The summed E-state index contributed by atoms with van der Waals surface area (Å²) in [4.78, 5) is 2.43. The normalized spacial score (nSPS) is 22.6. The Labute approximate surface area is 124 Å². The van der Waals surface area contributed by atoms with Gasteiger partial charge in [0.2, 0.25) is 0 Å². The highest BCUT2D eigenvalue weighted by molar-refractivity contribution is 4.90. The smallest absolute Gasteiger partial charge is 0.0596 e. The molecule has 0 atom stereocenters. The van der Waals surface area contributed by atoms with Crippen molar-refractivity contribution in [3.8, 4) is 0 Å². The van der Waals surface area contributed by atoms with Crippen LogP contribution in [0.25, 0.3) is 0 Å². The zero-order valence-corrected chi connectivity index (χ0v) is 13.5. The largest absolute Gasteiger partial charge is 0.381 e. The summed E-state index contributed by atoms with van der Waals surface area (Å²) in [6.07, 6.45) is 5.43. The Morgan fingerprint density at radius 3 is 2.60 bits per heavy atom. The topological polar surface area (TPSA) is 33.7 Å². The average molecular weight is 284 g/mol. The van der Waals surface area contributed by atoms with Crippen molar-refractivity contribution in [1.29, 1.82) is 0 Å². The quantitative estimate of drug-likeness (QED) is 0.701. The summed E-state index contributed by atoms with van der Waals surface area (Å²) >= 11 is 0. The molecule has 1 saturated heterocycles. The van der Waals surface area contributed by atoms with E-state index in [2.05, 4.69) is 31.1 Å². The summed E-state index contributed by atoms with van der Waals surface area (Å²) in [5.41, 5.74) is 0.396. The molecule has 0 spiro atoms. The van der Waals surface area contributed by atoms with Crippen LogP contribution in [0.2, 0.25) is 0 Å². The lowest BCUT2D eigenvalue weighted by molar-refractivity contribution is -0.00731. The molecule has 4 nitrogen and oxygen atoms in total. The van der Waals surface area contributed by atoms with Crippen LogP contribution >= 0.6 is 0 Å². The molecule has 1 heterocycles. The van der Waals surface area contributed by atoms with Crippen LogP contribution in [-0.4, -0.2) is 63.5 Å². The van der Waals surface area contributed by atoms with E-state index in [1.807, 2.05) is 0 Å². The van der Waals surface area contributed by atoms with E-state index in [-0.39, 0.29) is 0 Å². The molecule has 1 N–H and O–H groups in total. The van der Waals surface area contributed by atoms with Gasteiger partial charge in [0.1, 0.15) is 0 Å². The maximum Gasteiger partial charge on any atom is 0.0596 e. The van der Waals surface area contributed by atoms with Gasteiger partial charge >= 0.3 is 0 Å². The van der Waals surface area contributed by atoms with Crippen molar-refractivity contribution in [2.75, 3.05) is 46.5 Å². The van der Waals surface area contributed by atoms with Crippen molar-refractivity contribution in [2.45, 2.75) is 51.7 Å². The third-order valence-corrected chi connectivity index (χ3v) is 4.43. The van der Waals surface area contributed by atoms with Crippen molar-refractivity contribution in [1.82, 2.24) is 10.2 Å². The molecular weight excluding hydrogens is 252 g/mol. The third kappa shape index (κ3) is 5.68. The average Bonchev–Trinajstić information content (AvgIpc) is 3.21. The van der Waals surface area contributed by atoms with Gasteiger partial charge in [-0.2, -0.15) is 0 Å². The van der Waals surface area contributed by atoms with E-state index in [1.165, 1.54) is 25.7 Å². The van der Waals surface area contributed by atoms with Crippen molar-refractivity contribution in [2.24, 2.45) is 5.41 Å². The molecule has 0 aromatic rings. The highest BCUT2D eigenvalue weighted by Gasteiger charge is 2.35. The van der Waals surface area contributed by atoms with E-state index >= 15 is 0 Å². The highest BCUT2D eigenvalue weighted by Crippen LogP contribution is 2.32. The molecule has 0 aromatic heterocycles. The van der Waals surface area contributed by atoms with Crippen molar-refractivity contribution in [3.05, 3.63) is 0 Å². The predicted octanol–water partition coefficient (Wildman–Crippen LogP) is 1.89. The zero-order valence-electron chi connectivity index (χ0n) is 13.5. The fraction of sp³-hybridized carbons (Fsp3) is 1.00. The van der Waals surface area contributed by atoms with Gasteiger partial charge in [-0.3, -0.25) is 0 Å². The van der Waals surface area contributed by atoms with E-state index in [0.717, 1.165) is 45.5 Å². The monoisotopic (exact) mass is 284 g/mol. The van der Waals surface area contributed by atoms with Crippen molar-refractivity contribution >= 4 is 0 Å². The summed E-state index contributed by atoms with van der Waals surface area (Å²) in [7, 11) is 2.22. The minimum Gasteiger partial charge on any atom is -0.381 e. The molecule has 1 aliphatic carbocycles. The molecule has 2 aliphatic rings. The van der Waals surface area contributed by atoms with E-state index in [1.54, 1.807) is 0 Å². The van der Waals surface area contributed by atoms with E-state index in [9.17, 15) is 0 Å². The molecule has 2 fully saturated rings. The first-order valence-corrected chi connectivity index (χ1v) is 8.21. The fourth-order valence-electron chi connectivity index (χ4n) is 2.94. The molecule has 4 heteroatoms. The Balaban J connectivity index is 1.76. The SMILES string of the molecule is CC(C)OCCN(C)CC1(CNC2CC2)CCOCC1. The lowest BCUT2D eigenvalue weighted by atomic mass is 9.79. The molecule has 0 radical (unpaired) electrons. The first-order chi connectivity index (χ1) is 9.60. The maximum absolute atomic E-state index is 5.66. The minimum absolute atomic E-state index is 0.331. The second-order valence-corrected chi connectivity index (χ2v) is 6.92. The second kappa shape index (κ2) is 7.74. The van der Waals surface area contributed by atoms with E-state index in [0.29, 0.717) is 11.5 Å². The van der Waals surface area contributed by atoms with Gasteiger partial charge in [0, 0.05) is 38.9 Å². The van der Waals surface area contributed by atoms with Gasteiger partial charge in [-0.1, -0.05) is 0 Å². The second-order valence-electron chi connectivity index (χ2n) is 6.92. The number of rotatable bonds is 9.